The number of halogens is 2. The summed E-state index contributed by atoms with van der Waals surface area (Å²) in [4.78, 5) is 0. The molecule has 0 atom stereocenters. The van der Waals surface area contributed by atoms with Gasteiger partial charge < -0.3 is 0 Å². The summed E-state index contributed by atoms with van der Waals surface area (Å²) in [5.74, 6) is -0.202. The van der Waals surface area contributed by atoms with E-state index in [4.69, 9.17) is 0 Å². The molecule has 64 valence electrons. The molecule has 2 heteroatoms. The zero-order valence-corrected chi connectivity index (χ0v) is 8.49. The summed E-state index contributed by atoms with van der Waals surface area (Å²) in [5, 5.41) is 0.676. The van der Waals surface area contributed by atoms with E-state index in [2.05, 4.69) is 22.5 Å². The molecule has 0 amide bonds. The topological polar surface area (TPSA) is 0 Å². The van der Waals surface area contributed by atoms with Crippen LogP contribution in [0.4, 0.5) is 4.39 Å². The Balaban J connectivity index is 3.08. The van der Waals surface area contributed by atoms with Crippen molar-refractivity contribution in [1.29, 1.82) is 0 Å². The van der Waals surface area contributed by atoms with Crippen molar-refractivity contribution < 1.29 is 4.39 Å². The lowest BCUT2D eigenvalue weighted by molar-refractivity contribution is 0.626. The first-order valence-corrected chi connectivity index (χ1v) is 4.77. The Morgan fingerprint density at radius 3 is 2.67 bits per heavy atom. The minimum atomic E-state index is -0.202. The quantitative estimate of drug-likeness (QED) is 0.680. The average Bonchev–Trinajstić information content (AvgIpc) is 2.01. The van der Waals surface area contributed by atoms with Crippen LogP contribution in [0.2, 0.25) is 0 Å². The van der Waals surface area contributed by atoms with Gasteiger partial charge in [0.2, 0.25) is 0 Å². The van der Waals surface area contributed by atoms with Crippen molar-refractivity contribution in [3.8, 4) is 0 Å². The lowest BCUT2D eigenvalue weighted by Gasteiger charge is -2.03. The molecule has 0 aliphatic rings. The SMILES string of the molecule is C=C(CBr)c1cc(C)cc(F)c1. The van der Waals surface area contributed by atoms with E-state index < -0.39 is 0 Å². The van der Waals surface area contributed by atoms with E-state index in [0.29, 0.717) is 5.33 Å². The Bertz CT molecular complexity index is 284. The molecule has 1 aromatic rings. The first-order chi connectivity index (χ1) is 5.63. The van der Waals surface area contributed by atoms with Gasteiger partial charge in [0.15, 0.2) is 0 Å². The van der Waals surface area contributed by atoms with Crippen LogP contribution in [0.1, 0.15) is 11.1 Å². The summed E-state index contributed by atoms with van der Waals surface area (Å²) in [5.41, 5.74) is 2.69. The average molecular weight is 229 g/mol. The third kappa shape index (κ3) is 2.18. The molecule has 1 rings (SSSR count). The molecule has 0 saturated heterocycles. The highest BCUT2D eigenvalue weighted by molar-refractivity contribution is 9.09. The number of hydrogen-bond acceptors (Lipinski definition) is 0. The molecule has 1 aromatic carbocycles. The van der Waals surface area contributed by atoms with Crippen LogP contribution in [0.15, 0.2) is 24.8 Å². The van der Waals surface area contributed by atoms with Crippen molar-refractivity contribution in [3.05, 3.63) is 41.7 Å². The maximum Gasteiger partial charge on any atom is 0.124 e. The van der Waals surface area contributed by atoms with E-state index in [1.807, 2.05) is 13.0 Å². The first-order valence-electron chi connectivity index (χ1n) is 3.65. The summed E-state index contributed by atoms with van der Waals surface area (Å²) in [6.45, 7) is 5.68. The van der Waals surface area contributed by atoms with Gasteiger partial charge in [0.05, 0.1) is 0 Å². The van der Waals surface area contributed by atoms with Gasteiger partial charge in [0.1, 0.15) is 5.82 Å². The highest BCUT2D eigenvalue weighted by Crippen LogP contribution is 2.17. The number of benzene rings is 1. The van der Waals surface area contributed by atoms with E-state index in [0.717, 1.165) is 16.7 Å². The molecule has 12 heavy (non-hydrogen) atoms. The van der Waals surface area contributed by atoms with Crippen molar-refractivity contribution >= 4 is 21.5 Å². The standard InChI is InChI=1S/C10H10BrF/c1-7-3-9(8(2)6-11)5-10(12)4-7/h3-5H,2,6H2,1H3. The van der Waals surface area contributed by atoms with E-state index in [-0.39, 0.29) is 5.82 Å². The molecule has 0 saturated carbocycles. The minimum Gasteiger partial charge on any atom is -0.207 e. The van der Waals surface area contributed by atoms with Crippen LogP contribution >= 0.6 is 15.9 Å². The molecule has 0 aliphatic carbocycles. The third-order valence-electron chi connectivity index (χ3n) is 1.61. The van der Waals surface area contributed by atoms with Gasteiger partial charge in [-0.25, -0.2) is 4.39 Å². The molecular formula is C10H10BrF. The van der Waals surface area contributed by atoms with Crippen LogP contribution in [-0.4, -0.2) is 5.33 Å². The van der Waals surface area contributed by atoms with Gasteiger partial charge in [0.25, 0.3) is 0 Å². The van der Waals surface area contributed by atoms with Crippen LogP contribution in [0.25, 0.3) is 5.57 Å². The van der Waals surface area contributed by atoms with Crippen LogP contribution in [0.3, 0.4) is 0 Å². The predicted octanol–water partition coefficient (Wildman–Crippen LogP) is 3.54. The molecule has 0 nitrogen and oxygen atoms in total. The zero-order chi connectivity index (χ0) is 9.14. The van der Waals surface area contributed by atoms with Crippen molar-refractivity contribution in [3.63, 3.8) is 0 Å². The number of alkyl halides is 1. The second-order valence-electron chi connectivity index (χ2n) is 2.75. The van der Waals surface area contributed by atoms with Gasteiger partial charge >= 0.3 is 0 Å². The van der Waals surface area contributed by atoms with Gasteiger partial charge in [-0.15, -0.1) is 0 Å². The normalized spacial score (nSPS) is 9.92. The van der Waals surface area contributed by atoms with Crippen molar-refractivity contribution in [2.45, 2.75) is 6.92 Å². The number of allylic oxidation sites excluding steroid dienone is 1. The maximum atomic E-state index is 12.9. The molecule has 0 bridgehead atoms. The molecule has 0 N–H and O–H groups in total. The summed E-state index contributed by atoms with van der Waals surface area (Å²) >= 11 is 3.28. The highest BCUT2D eigenvalue weighted by atomic mass is 79.9. The molecule has 0 aromatic heterocycles. The van der Waals surface area contributed by atoms with Gasteiger partial charge in [-0.3, -0.25) is 0 Å². The van der Waals surface area contributed by atoms with E-state index in [9.17, 15) is 4.39 Å². The van der Waals surface area contributed by atoms with E-state index >= 15 is 0 Å². The van der Waals surface area contributed by atoms with Crippen molar-refractivity contribution in [2.24, 2.45) is 0 Å². The van der Waals surface area contributed by atoms with Crippen LogP contribution in [-0.2, 0) is 0 Å². The van der Waals surface area contributed by atoms with Gasteiger partial charge in [-0.1, -0.05) is 28.6 Å². The fraction of sp³-hybridized carbons (Fsp3) is 0.200. The maximum absolute atomic E-state index is 12.9. The molecule has 0 spiro atoms. The summed E-state index contributed by atoms with van der Waals surface area (Å²) < 4.78 is 12.9. The van der Waals surface area contributed by atoms with Crippen molar-refractivity contribution in [2.75, 3.05) is 5.33 Å². The van der Waals surface area contributed by atoms with Crippen molar-refractivity contribution in [1.82, 2.24) is 0 Å². The van der Waals surface area contributed by atoms with Gasteiger partial charge in [-0.2, -0.15) is 0 Å². The van der Waals surface area contributed by atoms with Gasteiger partial charge in [0, 0.05) is 5.33 Å². The molecule has 0 heterocycles. The Morgan fingerprint density at radius 1 is 1.50 bits per heavy atom. The third-order valence-corrected chi connectivity index (χ3v) is 2.29. The number of aryl methyl sites for hydroxylation is 1. The lowest BCUT2D eigenvalue weighted by atomic mass is 10.1. The van der Waals surface area contributed by atoms with E-state index in [1.54, 1.807) is 0 Å². The Kier molecular flexibility index (Phi) is 3.04. The Labute approximate surface area is 80.2 Å². The lowest BCUT2D eigenvalue weighted by Crippen LogP contribution is -1.87. The fourth-order valence-electron chi connectivity index (χ4n) is 1.02. The Hall–Kier alpha value is -0.630. The van der Waals surface area contributed by atoms with E-state index in [1.165, 1.54) is 12.1 Å². The molecule has 0 aliphatic heterocycles. The summed E-state index contributed by atoms with van der Waals surface area (Å²) in [7, 11) is 0. The molecular weight excluding hydrogens is 219 g/mol. The molecule has 0 radical (unpaired) electrons. The summed E-state index contributed by atoms with van der Waals surface area (Å²) in [6.07, 6.45) is 0. The highest BCUT2D eigenvalue weighted by Gasteiger charge is 2.00. The van der Waals surface area contributed by atoms with Crippen LogP contribution < -0.4 is 0 Å². The predicted molar refractivity (Wildman–Crippen MR) is 54.0 cm³/mol. The number of hydrogen-bond donors (Lipinski definition) is 0. The molecule has 0 fully saturated rings. The number of rotatable bonds is 2. The van der Waals surface area contributed by atoms with Crippen LogP contribution in [0.5, 0.6) is 0 Å². The van der Waals surface area contributed by atoms with Gasteiger partial charge in [-0.05, 0) is 35.8 Å². The minimum absolute atomic E-state index is 0.202. The second kappa shape index (κ2) is 3.85. The first kappa shape index (κ1) is 9.46. The second-order valence-corrected chi connectivity index (χ2v) is 3.32. The Morgan fingerprint density at radius 2 is 2.17 bits per heavy atom. The zero-order valence-electron chi connectivity index (χ0n) is 6.90. The largest absolute Gasteiger partial charge is 0.207 e. The smallest absolute Gasteiger partial charge is 0.124 e. The molecule has 0 unspecified atom stereocenters. The monoisotopic (exact) mass is 228 g/mol. The fourth-order valence-corrected chi connectivity index (χ4v) is 1.34. The van der Waals surface area contributed by atoms with Crippen LogP contribution in [0, 0.1) is 12.7 Å². The summed E-state index contributed by atoms with van der Waals surface area (Å²) in [6, 6.07) is 4.92.